The number of rotatable bonds is 7. The molecule has 3 rings (SSSR count). The van der Waals surface area contributed by atoms with Gasteiger partial charge in [0, 0.05) is 44.1 Å². The van der Waals surface area contributed by atoms with Crippen LogP contribution in [-0.4, -0.2) is 38.3 Å². The lowest BCUT2D eigenvalue weighted by Gasteiger charge is -2.13. The summed E-state index contributed by atoms with van der Waals surface area (Å²) in [6.45, 7) is 9.65. The van der Waals surface area contributed by atoms with Crippen LogP contribution in [0.2, 0.25) is 0 Å². The van der Waals surface area contributed by atoms with Crippen molar-refractivity contribution in [3.8, 4) is 0 Å². The molecule has 4 nitrogen and oxygen atoms in total. The lowest BCUT2D eigenvalue weighted by atomic mass is 10.0. The second-order valence-corrected chi connectivity index (χ2v) is 7.67. The molecule has 5 heteroatoms. The number of nitrogens with zero attached hydrogens (tertiary/aromatic N) is 2. The Hall–Kier alpha value is -0.650. The molecular formula is C16H27N3OS. The number of nitrogens with one attached hydrogen (secondary N) is 1. The van der Waals surface area contributed by atoms with Crippen LogP contribution >= 0.6 is 11.3 Å². The van der Waals surface area contributed by atoms with Crippen molar-refractivity contribution in [2.24, 2.45) is 11.8 Å². The highest BCUT2D eigenvalue weighted by molar-refractivity contribution is 7.15. The van der Waals surface area contributed by atoms with Crippen molar-refractivity contribution in [3.05, 3.63) is 10.6 Å². The standard InChI is InChI=1S/C16H27N3OS/c1-11-9-19(10-12(11)2)16-18-15(13-4-5-13)14(21-16)8-17-6-7-20-3/h11-13,17H,4-10H2,1-3H3. The maximum absolute atomic E-state index is 5.10. The Bertz CT molecular complexity index is 462. The van der Waals surface area contributed by atoms with Gasteiger partial charge in [-0.2, -0.15) is 0 Å². The van der Waals surface area contributed by atoms with E-state index in [1.54, 1.807) is 7.11 Å². The molecular weight excluding hydrogens is 282 g/mol. The first-order chi connectivity index (χ1) is 10.2. The highest BCUT2D eigenvalue weighted by atomic mass is 32.1. The summed E-state index contributed by atoms with van der Waals surface area (Å²) in [6.07, 6.45) is 2.64. The van der Waals surface area contributed by atoms with Crippen molar-refractivity contribution in [2.75, 3.05) is 38.3 Å². The van der Waals surface area contributed by atoms with Gasteiger partial charge in [-0.05, 0) is 24.7 Å². The number of aromatic nitrogens is 1. The van der Waals surface area contributed by atoms with E-state index in [9.17, 15) is 0 Å². The van der Waals surface area contributed by atoms with E-state index in [4.69, 9.17) is 9.72 Å². The molecule has 1 aliphatic carbocycles. The zero-order valence-corrected chi connectivity index (χ0v) is 14.2. The summed E-state index contributed by atoms with van der Waals surface area (Å²) in [5, 5.41) is 4.72. The van der Waals surface area contributed by atoms with Crippen molar-refractivity contribution in [3.63, 3.8) is 0 Å². The number of anilines is 1. The number of ether oxygens (including phenoxy) is 1. The summed E-state index contributed by atoms with van der Waals surface area (Å²) < 4.78 is 5.10. The maximum atomic E-state index is 5.10. The quantitative estimate of drug-likeness (QED) is 0.786. The van der Waals surface area contributed by atoms with E-state index >= 15 is 0 Å². The molecule has 1 aromatic heterocycles. The van der Waals surface area contributed by atoms with Crippen molar-refractivity contribution < 1.29 is 4.74 Å². The molecule has 0 spiro atoms. The van der Waals surface area contributed by atoms with E-state index in [-0.39, 0.29) is 0 Å². The molecule has 0 bridgehead atoms. The van der Waals surface area contributed by atoms with Crippen LogP contribution < -0.4 is 10.2 Å². The molecule has 2 atom stereocenters. The molecule has 0 amide bonds. The van der Waals surface area contributed by atoms with Crippen LogP contribution in [0.4, 0.5) is 5.13 Å². The fourth-order valence-electron chi connectivity index (χ4n) is 2.95. The predicted molar refractivity (Wildman–Crippen MR) is 88.2 cm³/mol. The van der Waals surface area contributed by atoms with Gasteiger partial charge in [-0.15, -0.1) is 11.3 Å². The zero-order valence-electron chi connectivity index (χ0n) is 13.4. The fraction of sp³-hybridized carbons (Fsp3) is 0.812. The average Bonchev–Trinajstić information content (AvgIpc) is 3.14. The number of hydrogen-bond acceptors (Lipinski definition) is 5. The minimum Gasteiger partial charge on any atom is -0.383 e. The molecule has 0 aromatic carbocycles. The Kier molecular flexibility index (Phi) is 4.82. The van der Waals surface area contributed by atoms with Crippen LogP contribution in [0.15, 0.2) is 0 Å². The van der Waals surface area contributed by atoms with Crippen LogP contribution in [0.3, 0.4) is 0 Å². The molecule has 21 heavy (non-hydrogen) atoms. The van der Waals surface area contributed by atoms with E-state index in [1.807, 2.05) is 11.3 Å². The highest BCUT2D eigenvalue weighted by Crippen LogP contribution is 2.44. The van der Waals surface area contributed by atoms with Gasteiger partial charge >= 0.3 is 0 Å². The van der Waals surface area contributed by atoms with Crippen LogP contribution in [-0.2, 0) is 11.3 Å². The normalized spacial score (nSPS) is 25.8. The molecule has 2 unspecified atom stereocenters. The Morgan fingerprint density at radius 1 is 1.29 bits per heavy atom. The van der Waals surface area contributed by atoms with Crippen molar-refractivity contribution in [2.45, 2.75) is 39.2 Å². The van der Waals surface area contributed by atoms with E-state index < -0.39 is 0 Å². The van der Waals surface area contributed by atoms with E-state index in [1.165, 1.54) is 28.5 Å². The average molecular weight is 309 g/mol. The molecule has 1 N–H and O–H groups in total. The van der Waals surface area contributed by atoms with Crippen molar-refractivity contribution in [1.29, 1.82) is 0 Å². The second-order valence-electron chi connectivity index (χ2n) is 6.61. The third kappa shape index (κ3) is 3.58. The van der Waals surface area contributed by atoms with Gasteiger partial charge in [-0.1, -0.05) is 13.8 Å². The van der Waals surface area contributed by atoms with Gasteiger partial charge in [-0.25, -0.2) is 4.98 Å². The molecule has 2 fully saturated rings. The number of thiazole rings is 1. The van der Waals surface area contributed by atoms with Crippen LogP contribution in [0.5, 0.6) is 0 Å². The molecule has 1 saturated heterocycles. The summed E-state index contributed by atoms with van der Waals surface area (Å²) >= 11 is 1.90. The lowest BCUT2D eigenvalue weighted by molar-refractivity contribution is 0.199. The van der Waals surface area contributed by atoms with Gasteiger partial charge in [0.1, 0.15) is 0 Å². The lowest BCUT2D eigenvalue weighted by Crippen LogP contribution is -2.19. The van der Waals surface area contributed by atoms with Crippen molar-refractivity contribution >= 4 is 16.5 Å². The molecule has 1 saturated carbocycles. The first kappa shape index (κ1) is 15.3. The van der Waals surface area contributed by atoms with Crippen molar-refractivity contribution in [1.82, 2.24) is 10.3 Å². The Balaban J connectivity index is 1.68. The Morgan fingerprint density at radius 3 is 2.62 bits per heavy atom. The monoisotopic (exact) mass is 309 g/mol. The Labute approximate surface area is 131 Å². The maximum Gasteiger partial charge on any atom is 0.185 e. The fourth-order valence-corrected chi connectivity index (χ4v) is 4.08. The smallest absolute Gasteiger partial charge is 0.185 e. The molecule has 1 aromatic rings. The molecule has 118 valence electrons. The summed E-state index contributed by atoms with van der Waals surface area (Å²) in [5.41, 5.74) is 1.37. The third-order valence-electron chi connectivity index (χ3n) is 4.71. The molecule has 1 aliphatic heterocycles. The van der Waals surface area contributed by atoms with Gasteiger partial charge < -0.3 is 15.0 Å². The van der Waals surface area contributed by atoms with Gasteiger partial charge in [0.2, 0.25) is 0 Å². The number of hydrogen-bond donors (Lipinski definition) is 1. The highest BCUT2D eigenvalue weighted by Gasteiger charge is 2.33. The van der Waals surface area contributed by atoms with E-state index in [0.717, 1.165) is 50.5 Å². The number of methoxy groups -OCH3 is 1. The van der Waals surface area contributed by atoms with Gasteiger partial charge in [0.25, 0.3) is 0 Å². The van der Waals surface area contributed by atoms with Gasteiger partial charge in [-0.3, -0.25) is 0 Å². The third-order valence-corrected chi connectivity index (χ3v) is 5.84. The van der Waals surface area contributed by atoms with Gasteiger partial charge in [0.05, 0.1) is 12.3 Å². The first-order valence-corrected chi connectivity index (χ1v) is 8.95. The van der Waals surface area contributed by atoms with E-state index in [2.05, 4.69) is 24.1 Å². The molecule has 2 heterocycles. The van der Waals surface area contributed by atoms with E-state index in [0.29, 0.717) is 0 Å². The van der Waals surface area contributed by atoms with Gasteiger partial charge in [0.15, 0.2) is 5.13 Å². The SMILES string of the molecule is COCCNCc1sc(N2CC(C)C(C)C2)nc1C1CC1. The summed E-state index contributed by atoms with van der Waals surface area (Å²) in [7, 11) is 1.75. The summed E-state index contributed by atoms with van der Waals surface area (Å²) in [6, 6.07) is 0. The second kappa shape index (κ2) is 6.63. The minimum absolute atomic E-state index is 0.728. The van der Waals surface area contributed by atoms with Crippen LogP contribution in [0.1, 0.15) is 43.2 Å². The summed E-state index contributed by atoms with van der Waals surface area (Å²) in [4.78, 5) is 8.93. The minimum atomic E-state index is 0.728. The van der Waals surface area contributed by atoms with Crippen LogP contribution in [0, 0.1) is 11.8 Å². The van der Waals surface area contributed by atoms with Crippen LogP contribution in [0.25, 0.3) is 0 Å². The largest absolute Gasteiger partial charge is 0.383 e. The Morgan fingerprint density at radius 2 is 2.00 bits per heavy atom. The zero-order chi connectivity index (χ0) is 14.8. The molecule has 0 radical (unpaired) electrons. The first-order valence-electron chi connectivity index (χ1n) is 8.13. The topological polar surface area (TPSA) is 37.4 Å². The predicted octanol–water partition coefficient (Wildman–Crippen LogP) is 2.85. The molecule has 2 aliphatic rings. The summed E-state index contributed by atoms with van der Waals surface area (Å²) in [5.74, 6) is 2.29.